The van der Waals surface area contributed by atoms with Crippen molar-refractivity contribution in [2.75, 3.05) is 12.9 Å². The Kier molecular flexibility index (Phi) is 6.63. The molecule has 2 aliphatic heterocycles. The molecule has 0 radical (unpaired) electrons. The molecule has 1 saturated heterocycles. The largest absolute Gasteiger partial charge is 0.477 e. The SMILES string of the molecule is CON=C(C(=O)N[C@@H]1C(=O)N2C(C(=O)O)=C(Sc3ccccc3Br)CS[C@@H]12)c1ccco1. The van der Waals surface area contributed by atoms with Crippen LogP contribution in [-0.4, -0.2) is 57.8 Å². The van der Waals surface area contributed by atoms with Crippen molar-refractivity contribution in [3.05, 3.63) is 63.5 Å². The number of rotatable bonds is 7. The van der Waals surface area contributed by atoms with Crippen molar-refractivity contribution in [1.82, 2.24) is 10.2 Å². The Labute approximate surface area is 199 Å². The average Bonchev–Trinajstić information content (AvgIpc) is 3.31. The Morgan fingerprint density at radius 3 is 2.78 bits per heavy atom. The highest BCUT2D eigenvalue weighted by atomic mass is 79.9. The van der Waals surface area contributed by atoms with Crippen LogP contribution in [0.1, 0.15) is 5.76 Å². The zero-order valence-corrected chi connectivity index (χ0v) is 19.7. The maximum Gasteiger partial charge on any atom is 0.353 e. The molecular formula is C20H16BrN3O6S2. The predicted octanol–water partition coefficient (Wildman–Crippen LogP) is 2.88. The summed E-state index contributed by atoms with van der Waals surface area (Å²) in [4.78, 5) is 45.0. The number of carboxylic acid groups (broad SMARTS) is 1. The quantitative estimate of drug-likeness (QED) is 0.314. The summed E-state index contributed by atoms with van der Waals surface area (Å²) >= 11 is 6.14. The number of carbonyl (C=O) groups excluding carboxylic acids is 2. The number of oxime groups is 1. The van der Waals surface area contributed by atoms with Gasteiger partial charge in [0.05, 0.1) is 6.26 Å². The third-order valence-corrected chi connectivity index (χ3v) is 8.22. The summed E-state index contributed by atoms with van der Waals surface area (Å²) in [6.07, 6.45) is 1.38. The fourth-order valence-corrected chi connectivity index (χ4v) is 6.26. The Morgan fingerprint density at radius 2 is 2.12 bits per heavy atom. The lowest BCUT2D eigenvalue weighted by molar-refractivity contribution is -0.150. The zero-order chi connectivity index (χ0) is 22.8. The fourth-order valence-electron chi connectivity index (χ4n) is 3.24. The number of carbonyl (C=O) groups is 3. The highest BCUT2D eigenvalue weighted by molar-refractivity contribution is 9.10. The number of fused-ring (bicyclic) bond motifs is 1. The molecule has 2 N–H and O–H groups in total. The van der Waals surface area contributed by atoms with Gasteiger partial charge in [-0.25, -0.2) is 4.79 Å². The first kappa shape index (κ1) is 22.5. The van der Waals surface area contributed by atoms with E-state index in [0.717, 1.165) is 9.37 Å². The molecule has 4 rings (SSSR count). The number of benzene rings is 1. The number of aliphatic carboxylic acids is 1. The van der Waals surface area contributed by atoms with E-state index in [9.17, 15) is 19.5 Å². The van der Waals surface area contributed by atoms with E-state index < -0.39 is 29.2 Å². The summed E-state index contributed by atoms with van der Waals surface area (Å²) in [7, 11) is 1.29. The van der Waals surface area contributed by atoms with E-state index in [4.69, 9.17) is 9.25 Å². The topological polar surface area (TPSA) is 121 Å². The molecule has 2 aliphatic rings. The molecule has 166 valence electrons. The number of halogens is 1. The minimum atomic E-state index is -1.19. The molecule has 2 amide bonds. The molecule has 0 spiro atoms. The van der Waals surface area contributed by atoms with Crippen LogP contribution in [0.15, 0.2) is 72.2 Å². The molecule has 9 nitrogen and oxygen atoms in total. The number of amides is 2. The van der Waals surface area contributed by atoms with Gasteiger partial charge in [-0.1, -0.05) is 29.1 Å². The smallest absolute Gasteiger partial charge is 0.353 e. The predicted molar refractivity (Wildman–Crippen MR) is 122 cm³/mol. The normalized spacial score (nSPS) is 20.5. The van der Waals surface area contributed by atoms with Crippen molar-refractivity contribution in [2.45, 2.75) is 16.3 Å². The lowest BCUT2D eigenvalue weighted by Crippen LogP contribution is -2.71. The monoisotopic (exact) mass is 537 g/mol. The molecular weight excluding hydrogens is 522 g/mol. The molecule has 2 aromatic rings. The summed E-state index contributed by atoms with van der Waals surface area (Å²) in [5.41, 5.74) is -0.189. The first-order chi connectivity index (χ1) is 15.4. The molecule has 1 aromatic heterocycles. The molecule has 0 saturated carbocycles. The Bertz CT molecular complexity index is 1130. The minimum Gasteiger partial charge on any atom is -0.477 e. The summed E-state index contributed by atoms with van der Waals surface area (Å²) in [5.74, 6) is -1.79. The Hall–Kier alpha value is -2.70. The van der Waals surface area contributed by atoms with Gasteiger partial charge in [-0.15, -0.1) is 11.8 Å². The molecule has 1 fully saturated rings. The second kappa shape index (κ2) is 9.43. The standard InChI is InChI=1S/C20H16BrN3O6S2/c1-29-23-14(11-6-4-8-30-11)17(25)22-15-18(26)24-16(20(27)28)13(9-31-19(15)24)32-12-7-3-2-5-10(12)21/h2-8,15,19H,9H2,1H3,(H,22,25)(H,27,28)/t15-,19+/m1/s1. The first-order valence-corrected chi connectivity index (χ1v) is 11.9. The second-order valence-corrected chi connectivity index (χ2v) is 9.67. The van der Waals surface area contributed by atoms with Crippen LogP contribution in [0.25, 0.3) is 0 Å². The lowest BCUT2D eigenvalue weighted by atomic mass is 10.0. The van der Waals surface area contributed by atoms with Gasteiger partial charge in [-0.05, 0) is 40.2 Å². The molecule has 2 atom stereocenters. The van der Waals surface area contributed by atoms with Gasteiger partial charge in [0.2, 0.25) is 5.71 Å². The van der Waals surface area contributed by atoms with Crippen LogP contribution in [0.3, 0.4) is 0 Å². The van der Waals surface area contributed by atoms with E-state index in [2.05, 4.69) is 26.4 Å². The van der Waals surface area contributed by atoms with E-state index in [0.29, 0.717) is 10.7 Å². The lowest BCUT2D eigenvalue weighted by Gasteiger charge is -2.49. The van der Waals surface area contributed by atoms with E-state index in [1.54, 1.807) is 6.07 Å². The number of hydrogen-bond acceptors (Lipinski definition) is 8. The molecule has 0 bridgehead atoms. The second-order valence-electron chi connectivity index (χ2n) is 6.57. The minimum absolute atomic E-state index is 0.0678. The van der Waals surface area contributed by atoms with E-state index >= 15 is 0 Å². The molecule has 12 heteroatoms. The number of hydrogen-bond donors (Lipinski definition) is 2. The summed E-state index contributed by atoms with van der Waals surface area (Å²) in [6, 6.07) is 9.68. The number of thioether (sulfide) groups is 2. The van der Waals surface area contributed by atoms with Gasteiger partial charge in [0.25, 0.3) is 11.8 Å². The van der Waals surface area contributed by atoms with Crippen LogP contribution < -0.4 is 5.32 Å². The highest BCUT2D eigenvalue weighted by Crippen LogP contribution is 2.46. The summed E-state index contributed by atoms with van der Waals surface area (Å²) in [5, 5.41) is 15.6. The van der Waals surface area contributed by atoms with E-state index in [-0.39, 0.29) is 17.2 Å². The van der Waals surface area contributed by atoms with Crippen LogP contribution in [0.4, 0.5) is 0 Å². The Balaban J connectivity index is 1.54. The van der Waals surface area contributed by atoms with Crippen molar-refractivity contribution in [3.8, 4) is 0 Å². The molecule has 1 aromatic carbocycles. The van der Waals surface area contributed by atoms with Crippen LogP contribution in [-0.2, 0) is 19.2 Å². The van der Waals surface area contributed by atoms with Gasteiger partial charge in [0, 0.05) is 20.0 Å². The van der Waals surface area contributed by atoms with Crippen LogP contribution >= 0.6 is 39.5 Å². The van der Waals surface area contributed by atoms with Gasteiger partial charge in [-0.2, -0.15) is 0 Å². The van der Waals surface area contributed by atoms with Gasteiger partial charge in [-0.3, -0.25) is 14.5 Å². The Morgan fingerprint density at radius 1 is 1.34 bits per heavy atom. The number of carboxylic acids is 1. The summed E-state index contributed by atoms with van der Waals surface area (Å²) in [6.45, 7) is 0. The number of nitrogens with zero attached hydrogens (tertiary/aromatic N) is 2. The number of β-lactam (4-membered cyclic amide) rings is 1. The van der Waals surface area contributed by atoms with Crippen molar-refractivity contribution in [3.63, 3.8) is 0 Å². The zero-order valence-electron chi connectivity index (χ0n) is 16.5. The fraction of sp³-hybridized carbons (Fsp3) is 0.200. The summed E-state index contributed by atoms with van der Waals surface area (Å²) < 4.78 is 6.03. The van der Waals surface area contributed by atoms with Crippen LogP contribution in [0.5, 0.6) is 0 Å². The van der Waals surface area contributed by atoms with Crippen molar-refractivity contribution < 1.29 is 28.7 Å². The van der Waals surface area contributed by atoms with Gasteiger partial charge in [0.1, 0.15) is 24.2 Å². The maximum absolute atomic E-state index is 12.9. The van der Waals surface area contributed by atoms with Gasteiger partial charge >= 0.3 is 5.97 Å². The number of furan rings is 1. The molecule has 3 heterocycles. The van der Waals surface area contributed by atoms with Crippen molar-refractivity contribution in [2.24, 2.45) is 5.16 Å². The van der Waals surface area contributed by atoms with Crippen molar-refractivity contribution in [1.29, 1.82) is 0 Å². The highest BCUT2D eigenvalue weighted by Gasteiger charge is 2.54. The molecule has 0 unspecified atom stereocenters. The van der Waals surface area contributed by atoms with Crippen LogP contribution in [0, 0.1) is 0 Å². The maximum atomic E-state index is 12.9. The molecule has 0 aliphatic carbocycles. The van der Waals surface area contributed by atoms with E-state index in [1.807, 2.05) is 24.3 Å². The van der Waals surface area contributed by atoms with Crippen molar-refractivity contribution >= 4 is 62.9 Å². The average molecular weight is 538 g/mol. The van der Waals surface area contributed by atoms with Gasteiger partial charge < -0.3 is 19.7 Å². The first-order valence-electron chi connectivity index (χ1n) is 9.21. The van der Waals surface area contributed by atoms with Crippen LogP contribution in [0.2, 0.25) is 0 Å². The third-order valence-electron chi connectivity index (χ3n) is 4.64. The van der Waals surface area contributed by atoms with E-state index in [1.165, 1.54) is 47.9 Å². The van der Waals surface area contributed by atoms with Gasteiger partial charge in [0.15, 0.2) is 5.76 Å². The number of nitrogens with one attached hydrogen (secondary N) is 1. The molecule has 32 heavy (non-hydrogen) atoms. The third kappa shape index (κ3) is 4.17.